The van der Waals surface area contributed by atoms with Crippen LogP contribution in [0.5, 0.6) is 0 Å². The van der Waals surface area contributed by atoms with Crippen molar-refractivity contribution in [3.8, 4) is 0 Å². The molecule has 1 aromatic carbocycles. The zero-order chi connectivity index (χ0) is 14.3. The highest BCUT2D eigenvalue weighted by atomic mass is 16.4. The lowest BCUT2D eigenvalue weighted by Gasteiger charge is -2.31. The molecule has 20 heavy (non-hydrogen) atoms. The highest BCUT2D eigenvalue weighted by Gasteiger charge is 2.46. The van der Waals surface area contributed by atoms with E-state index in [0.717, 1.165) is 30.6 Å². The van der Waals surface area contributed by atoms with Crippen LogP contribution in [0, 0.1) is 0 Å². The van der Waals surface area contributed by atoms with E-state index in [9.17, 15) is 14.7 Å². The van der Waals surface area contributed by atoms with E-state index in [-0.39, 0.29) is 5.91 Å². The van der Waals surface area contributed by atoms with Gasteiger partial charge in [-0.25, -0.2) is 4.79 Å². The molecule has 1 aromatic rings. The number of carboxylic acids is 1. The molecule has 2 aliphatic rings. The number of rotatable bonds is 2. The Kier molecular flexibility index (Phi) is 2.92. The molecule has 0 bridgehead atoms. The van der Waals surface area contributed by atoms with E-state index >= 15 is 0 Å². The lowest BCUT2D eigenvalue weighted by Crippen LogP contribution is -2.50. The van der Waals surface area contributed by atoms with E-state index in [4.69, 9.17) is 0 Å². The zero-order valence-corrected chi connectivity index (χ0v) is 11.5. The summed E-state index contributed by atoms with van der Waals surface area (Å²) >= 11 is 0. The molecule has 0 spiro atoms. The second-order valence-electron chi connectivity index (χ2n) is 5.69. The van der Waals surface area contributed by atoms with Crippen LogP contribution in [0.4, 0.5) is 5.69 Å². The molecule has 3 rings (SSSR count). The predicted octanol–water partition coefficient (Wildman–Crippen LogP) is 1.73. The van der Waals surface area contributed by atoms with Crippen molar-refractivity contribution in [1.82, 2.24) is 4.90 Å². The molecule has 5 heteroatoms. The number of hydrogen-bond donors (Lipinski definition) is 2. The van der Waals surface area contributed by atoms with Gasteiger partial charge in [-0.2, -0.15) is 0 Å². The largest absolute Gasteiger partial charge is 0.480 e. The standard InChI is InChI=1S/C15H18N2O3/c1-15(14(19)20)6-2-8-17(15)13(18)11-3-4-12-10(9-11)5-7-16-12/h3-4,9,16H,2,5-8H2,1H3,(H,19,20). The number of fused-ring (bicyclic) bond motifs is 1. The van der Waals surface area contributed by atoms with Crippen LogP contribution in [0.25, 0.3) is 0 Å². The highest BCUT2D eigenvalue weighted by molar-refractivity contribution is 5.98. The lowest BCUT2D eigenvalue weighted by molar-refractivity contribution is -0.147. The van der Waals surface area contributed by atoms with Crippen molar-refractivity contribution in [3.63, 3.8) is 0 Å². The van der Waals surface area contributed by atoms with Crippen LogP contribution in [0.15, 0.2) is 18.2 Å². The van der Waals surface area contributed by atoms with Gasteiger partial charge in [-0.05, 0) is 49.9 Å². The van der Waals surface area contributed by atoms with Crippen LogP contribution < -0.4 is 5.32 Å². The van der Waals surface area contributed by atoms with Crippen molar-refractivity contribution >= 4 is 17.6 Å². The molecule has 0 radical (unpaired) electrons. The van der Waals surface area contributed by atoms with Gasteiger partial charge in [0, 0.05) is 24.3 Å². The summed E-state index contributed by atoms with van der Waals surface area (Å²) in [6.45, 7) is 3.04. The Hall–Kier alpha value is -2.04. The Balaban J connectivity index is 1.91. The topological polar surface area (TPSA) is 69.6 Å². The van der Waals surface area contributed by atoms with Crippen LogP contribution in [-0.4, -0.2) is 40.5 Å². The molecule has 1 amide bonds. The van der Waals surface area contributed by atoms with Crippen LogP contribution in [-0.2, 0) is 11.2 Å². The fourth-order valence-electron chi connectivity index (χ4n) is 3.10. The lowest BCUT2D eigenvalue weighted by atomic mass is 9.98. The van der Waals surface area contributed by atoms with Crippen molar-refractivity contribution in [3.05, 3.63) is 29.3 Å². The molecule has 1 fully saturated rings. The molecule has 1 saturated heterocycles. The van der Waals surface area contributed by atoms with Crippen LogP contribution in [0.2, 0.25) is 0 Å². The summed E-state index contributed by atoms with van der Waals surface area (Å²) in [6, 6.07) is 5.57. The highest BCUT2D eigenvalue weighted by Crippen LogP contribution is 2.32. The maximum atomic E-state index is 12.6. The van der Waals surface area contributed by atoms with Gasteiger partial charge < -0.3 is 15.3 Å². The Morgan fingerprint density at radius 1 is 1.40 bits per heavy atom. The number of carboxylic acid groups (broad SMARTS) is 1. The quantitative estimate of drug-likeness (QED) is 0.861. The van der Waals surface area contributed by atoms with Gasteiger partial charge in [0.2, 0.25) is 0 Å². The minimum atomic E-state index is -1.08. The number of aliphatic carboxylic acids is 1. The third-order valence-electron chi connectivity index (χ3n) is 4.41. The van der Waals surface area contributed by atoms with Crippen LogP contribution in [0.1, 0.15) is 35.7 Å². The minimum absolute atomic E-state index is 0.179. The first-order chi connectivity index (χ1) is 9.52. The van der Waals surface area contributed by atoms with E-state index < -0.39 is 11.5 Å². The number of benzene rings is 1. The fourth-order valence-corrected chi connectivity index (χ4v) is 3.10. The van der Waals surface area contributed by atoms with Crippen molar-refractivity contribution in [2.45, 2.75) is 31.7 Å². The van der Waals surface area contributed by atoms with E-state index in [0.29, 0.717) is 18.5 Å². The first-order valence-electron chi connectivity index (χ1n) is 6.94. The zero-order valence-electron chi connectivity index (χ0n) is 11.5. The maximum Gasteiger partial charge on any atom is 0.329 e. The molecule has 2 aliphatic heterocycles. The summed E-state index contributed by atoms with van der Waals surface area (Å²) in [5.74, 6) is -1.10. The normalized spacial score (nSPS) is 24.4. The summed E-state index contributed by atoms with van der Waals surface area (Å²) in [5.41, 5.74) is 1.71. The van der Waals surface area contributed by atoms with Crippen LogP contribution >= 0.6 is 0 Å². The molecule has 106 valence electrons. The number of carbonyl (C=O) groups excluding carboxylic acids is 1. The summed E-state index contributed by atoms with van der Waals surface area (Å²) in [7, 11) is 0. The van der Waals surface area contributed by atoms with Gasteiger partial charge in [-0.3, -0.25) is 4.79 Å². The first kappa shape index (κ1) is 13.0. The van der Waals surface area contributed by atoms with Crippen molar-refractivity contribution in [1.29, 1.82) is 0 Å². The second kappa shape index (κ2) is 4.51. The van der Waals surface area contributed by atoms with E-state index in [2.05, 4.69) is 5.32 Å². The Morgan fingerprint density at radius 2 is 2.20 bits per heavy atom. The van der Waals surface area contributed by atoms with E-state index in [1.807, 2.05) is 12.1 Å². The SMILES string of the molecule is CC1(C(=O)O)CCCN1C(=O)c1ccc2c(c1)CCN2. The Bertz CT molecular complexity index is 584. The molecule has 0 aliphatic carbocycles. The fraction of sp³-hybridized carbons (Fsp3) is 0.467. The molecule has 2 heterocycles. The third kappa shape index (κ3) is 1.85. The van der Waals surface area contributed by atoms with Gasteiger partial charge in [-0.1, -0.05) is 0 Å². The van der Waals surface area contributed by atoms with E-state index in [1.165, 1.54) is 4.90 Å². The maximum absolute atomic E-state index is 12.6. The summed E-state index contributed by atoms with van der Waals surface area (Å²) < 4.78 is 0. The number of hydrogen-bond acceptors (Lipinski definition) is 3. The Morgan fingerprint density at radius 3 is 2.95 bits per heavy atom. The molecule has 0 aromatic heterocycles. The number of nitrogens with zero attached hydrogens (tertiary/aromatic N) is 1. The van der Waals surface area contributed by atoms with Gasteiger partial charge >= 0.3 is 5.97 Å². The van der Waals surface area contributed by atoms with Crippen molar-refractivity contribution < 1.29 is 14.7 Å². The van der Waals surface area contributed by atoms with Gasteiger partial charge in [0.25, 0.3) is 5.91 Å². The smallest absolute Gasteiger partial charge is 0.329 e. The number of likely N-dealkylation sites (tertiary alicyclic amines) is 1. The summed E-state index contributed by atoms with van der Waals surface area (Å²) in [4.78, 5) is 25.6. The number of anilines is 1. The predicted molar refractivity (Wildman–Crippen MR) is 74.9 cm³/mol. The molecule has 5 nitrogen and oxygen atoms in total. The molecule has 1 unspecified atom stereocenters. The first-order valence-corrected chi connectivity index (χ1v) is 6.94. The third-order valence-corrected chi connectivity index (χ3v) is 4.41. The van der Waals surface area contributed by atoms with Crippen molar-refractivity contribution in [2.24, 2.45) is 0 Å². The number of amides is 1. The van der Waals surface area contributed by atoms with Gasteiger partial charge in [0.1, 0.15) is 5.54 Å². The number of carbonyl (C=O) groups is 2. The average Bonchev–Trinajstić information content (AvgIpc) is 3.03. The molecular formula is C15H18N2O3. The Labute approximate surface area is 117 Å². The van der Waals surface area contributed by atoms with Gasteiger partial charge in [-0.15, -0.1) is 0 Å². The molecular weight excluding hydrogens is 256 g/mol. The average molecular weight is 274 g/mol. The van der Waals surface area contributed by atoms with Crippen molar-refractivity contribution in [2.75, 3.05) is 18.4 Å². The van der Waals surface area contributed by atoms with Crippen LogP contribution in [0.3, 0.4) is 0 Å². The van der Waals surface area contributed by atoms with Gasteiger partial charge in [0.05, 0.1) is 0 Å². The second-order valence-corrected chi connectivity index (χ2v) is 5.69. The molecule has 2 N–H and O–H groups in total. The molecule has 0 saturated carbocycles. The monoisotopic (exact) mass is 274 g/mol. The number of nitrogens with one attached hydrogen (secondary N) is 1. The summed E-state index contributed by atoms with van der Waals surface area (Å²) in [5, 5.41) is 12.6. The van der Waals surface area contributed by atoms with E-state index in [1.54, 1.807) is 13.0 Å². The molecule has 1 atom stereocenters. The van der Waals surface area contributed by atoms with Gasteiger partial charge in [0.15, 0.2) is 0 Å². The summed E-state index contributed by atoms with van der Waals surface area (Å²) in [6.07, 6.45) is 2.16. The minimum Gasteiger partial charge on any atom is -0.480 e.